The van der Waals surface area contributed by atoms with Crippen LogP contribution in [0.1, 0.15) is 22.0 Å². The van der Waals surface area contributed by atoms with Gasteiger partial charge in [-0.3, -0.25) is 4.79 Å². The van der Waals surface area contributed by atoms with Gasteiger partial charge in [-0.25, -0.2) is 0 Å². The predicted molar refractivity (Wildman–Crippen MR) is 89.6 cm³/mol. The zero-order chi connectivity index (χ0) is 19.0. The van der Waals surface area contributed by atoms with Crippen molar-refractivity contribution in [2.45, 2.75) is 12.2 Å². The number of carbonyl (C=O) groups is 1. The molecule has 0 spiro atoms. The lowest BCUT2D eigenvalue weighted by molar-refractivity contribution is 0.0208. The van der Waals surface area contributed by atoms with E-state index < -0.39 is 18.0 Å². The maximum absolute atomic E-state index is 12.7. The number of aromatic hydroxyl groups is 2. The summed E-state index contributed by atoms with van der Waals surface area (Å²) >= 11 is 0. The average Bonchev–Trinajstić information content (AvgIpc) is 2.65. The van der Waals surface area contributed by atoms with Gasteiger partial charge in [0.1, 0.15) is 11.3 Å². The van der Waals surface area contributed by atoms with E-state index in [9.17, 15) is 20.1 Å². The fourth-order valence-corrected chi connectivity index (χ4v) is 2.89. The number of ketones is 1. The van der Waals surface area contributed by atoms with Crippen LogP contribution in [0.25, 0.3) is 0 Å². The number of hydrogen-bond acceptors (Lipinski definition) is 8. The van der Waals surface area contributed by atoms with E-state index in [0.717, 1.165) is 0 Å². The third-order valence-electron chi connectivity index (χ3n) is 4.20. The Balaban J connectivity index is 2.12. The van der Waals surface area contributed by atoms with Crippen molar-refractivity contribution in [3.8, 4) is 34.5 Å². The Morgan fingerprint density at radius 1 is 1.00 bits per heavy atom. The number of ether oxygens (including phenoxy) is 4. The van der Waals surface area contributed by atoms with Crippen LogP contribution in [0.4, 0.5) is 0 Å². The second-order valence-electron chi connectivity index (χ2n) is 5.61. The summed E-state index contributed by atoms with van der Waals surface area (Å²) < 4.78 is 21.0. The van der Waals surface area contributed by atoms with Gasteiger partial charge in [0, 0.05) is 6.07 Å². The van der Waals surface area contributed by atoms with E-state index in [-0.39, 0.29) is 40.1 Å². The number of methoxy groups -OCH3 is 3. The summed E-state index contributed by atoms with van der Waals surface area (Å²) in [7, 11) is 4.02. The zero-order valence-electron chi connectivity index (χ0n) is 14.3. The van der Waals surface area contributed by atoms with Crippen molar-refractivity contribution in [2.24, 2.45) is 0 Å². The molecule has 8 heteroatoms. The molecule has 1 aliphatic heterocycles. The van der Waals surface area contributed by atoms with Gasteiger partial charge in [0.25, 0.3) is 0 Å². The average molecular weight is 362 g/mol. The van der Waals surface area contributed by atoms with E-state index in [1.54, 1.807) is 0 Å². The first-order valence-corrected chi connectivity index (χ1v) is 7.66. The monoisotopic (exact) mass is 362 g/mol. The van der Waals surface area contributed by atoms with Crippen molar-refractivity contribution in [2.75, 3.05) is 21.3 Å². The van der Waals surface area contributed by atoms with Crippen molar-refractivity contribution < 1.29 is 39.1 Å². The summed E-state index contributed by atoms with van der Waals surface area (Å²) in [5, 5.41) is 30.3. The van der Waals surface area contributed by atoms with Gasteiger partial charge in [-0.1, -0.05) is 6.07 Å². The standard InChI is InChI=1S/C18H18O8/c1-23-10-6-8(4-5-9(10)19)17-16(22)15(21)13-11(26-17)7-12(24-2)14(20)18(13)25-3/h4-7,16-17,19-20,22H,1-3H3/t16-,17-/m0/s1. The number of carbonyl (C=O) groups excluding carboxylic acids is 1. The smallest absolute Gasteiger partial charge is 0.203 e. The van der Waals surface area contributed by atoms with Gasteiger partial charge in [0.2, 0.25) is 11.5 Å². The lowest BCUT2D eigenvalue weighted by Gasteiger charge is -2.31. The lowest BCUT2D eigenvalue weighted by Crippen LogP contribution is -2.36. The third-order valence-corrected chi connectivity index (χ3v) is 4.20. The molecule has 3 rings (SSSR count). The number of aliphatic hydroxyl groups is 1. The van der Waals surface area contributed by atoms with E-state index in [0.29, 0.717) is 5.56 Å². The molecule has 0 radical (unpaired) electrons. The Morgan fingerprint density at radius 2 is 1.69 bits per heavy atom. The quantitative estimate of drug-likeness (QED) is 0.754. The van der Waals surface area contributed by atoms with Gasteiger partial charge in [0.15, 0.2) is 35.2 Å². The normalized spacial score (nSPS) is 18.7. The van der Waals surface area contributed by atoms with Crippen molar-refractivity contribution >= 4 is 5.78 Å². The number of Topliss-reactive ketones (excluding diaryl/α,β-unsaturated/α-hetero) is 1. The molecular weight excluding hydrogens is 344 g/mol. The predicted octanol–water partition coefficient (Wildman–Crippen LogP) is 1.80. The second-order valence-corrected chi connectivity index (χ2v) is 5.61. The molecule has 2 atom stereocenters. The summed E-state index contributed by atoms with van der Waals surface area (Å²) in [5.74, 6) is -0.902. The zero-order valence-corrected chi connectivity index (χ0v) is 14.3. The molecule has 8 nitrogen and oxygen atoms in total. The molecule has 2 aromatic rings. The molecule has 0 bridgehead atoms. The molecule has 0 unspecified atom stereocenters. The molecular formula is C18H18O8. The van der Waals surface area contributed by atoms with Crippen LogP contribution in [-0.4, -0.2) is 48.5 Å². The fraction of sp³-hybridized carbons (Fsp3) is 0.278. The number of hydrogen-bond donors (Lipinski definition) is 3. The van der Waals surface area contributed by atoms with Crippen LogP contribution >= 0.6 is 0 Å². The van der Waals surface area contributed by atoms with Crippen LogP contribution in [0.15, 0.2) is 24.3 Å². The summed E-state index contributed by atoms with van der Waals surface area (Å²) in [5.41, 5.74) is 0.359. The minimum absolute atomic E-state index is 0.0619. The minimum atomic E-state index is -1.54. The third kappa shape index (κ3) is 2.64. The van der Waals surface area contributed by atoms with Gasteiger partial charge < -0.3 is 34.3 Å². The van der Waals surface area contributed by atoms with Gasteiger partial charge in [-0.2, -0.15) is 0 Å². The van der Waals surface area contributed by atoms with E-state index >= 15 is 0 Å². The van der Waals surface area contributed by atoms with Crippen molar-refractivity contribution in [3.05, 3.63) is 35.4 Å². The fourth-order valence-electron chi connectivity index (χ4n) is 2.89. The maximum atomic E-state index is 12.7. The SMILES string of the molecule is COc1cc([C@@H]2Oc3cc(OC)c(O)c(OC)c3C(=O)[C@@H]2O)ccc1O. The highest BCUT2D eigenvalue weighted by molar-refractivity contribution is 6.06. The molecule has 1 heterocycles. The molecule has 3 N–H and O–H groups in total. The Morgan fingerprint density at radius 3 is 2.31 bits per heavy atom. The highest BCUT2D eigenvalue weighted by Gasteiger charge is 2.41. The van der Waals surface area contributed by atoms with Crippen molar-refractivity contribution in [3.63, 3.8) is 0 Å². The van der Waals surface area contributed by atoms with Gasteiger partial charge in [-0.15, -0.1) is 0 Å². The first-order valence-electron chi connectivity index (χ1n) is 7.66. The van der Waals surface area contributed by atoms with Crippen LogP contribution in [0.3, 0.4) is 0 Å². The van der Waals surface area contributed by atoms with Crippen LogP contribution in [-0.2, 0) is 0 Å². The van der Waals surface area contributed by atoms with E-state index in [2.05, 4.69) is 0 Å². The first kappa shape index (κ1) is 17.7. The second kappa shape index (κ2) is 6.64. The molecule has 0 aliphatic carbocycles. The minimum Gasteiger partial charge on any atom is -0.504 e. The number of fused-ring (bicyclic) bond motifs is 1. The van der Waals surface area contributed by atoms with Crippen molar-refractivity contribution in [1.82, 2.24) is 0 Å². The topological polar surface area (TPSA) is 115 Å². The number of aliphatic hydroxyl groups excluding tert-OH is 1. The molecule has 0 fully saturated rings. The van der Waals surface area contributed by atoms with Crippen LogP contribution < -0.4 is 18.9 Å². The highest BCUT2D eigenvalue weighted by Crippen LogP contribution is 2.49. The highest BCUT2D eigenvalue weighted by atomic mass is 16.5. The Kier molecular flexibility index (Phi) is 4.52. The molecule has 26 heavy (non-hydrogen) atoms. The summed E-state index contributed by atoms with van der Waals surface area (Å²) in [6.45, 7) is 0. The number of phenolic OH excluding ortho intramolecular Hbond substituents is 2. The van der Waals surface area contributed by atoms with E-state index in [1.807, 2.05) is 0 Å². The summed E-state index contributed by atoms with van der Waals surface area (Å²) in [6.07, 6.45) is -2.58. The number of rotatable bonds is 4. The van der Waals surface area contributed by atoms with Crippen molar-refractivity contribution in [1.29, 1.82) is 0 Å². The molecule has 138 valence electrons. The van der Waals surface area contributed by atoms with Crippen LogP contribution in [0, 0.1) is 0 Å². The summed E-state index contributed by atoms with van der Waals surface area (Å²) in [6, 6.07) is 5.71. The molecule has 2 aromatic carbocycles. The van der Waals surface area contributed by atoms with Gasteiger partial charge >= 0.3 is 0 Å². The number of benzene rings is 2. The van der Waals surface area contributed by atoms with Crippen LogP contribution in [0.2, 0.25) is 0 Å². The van der Waals surface area contributed by atoms with E-state index in [1.165, 1.54) is 45.6 Å². The van der Waals surface area contributed by atoms with Gasteiger partial charge in [0.05, 0.1) is 21.3 Å². The largest absolute Gasteiger partial charge is 0.504 e. The molecule has 0 saturated carbocycles. The Bertz CT molecular complexity index is 861. The Hall–Kier alpha value is -3.13. The first-order chi connectivity index (χ1) is 12.4. The maximum Gasteiger partial charge on any atom is 0.203 e. The Labute approximate surface area is 149 Å². The molecule has 0 saturated heterocycles. The molecule has 1 aliphatic rings. The van der Waals surface area contributed by atoms with Crippen LogP contribution in [0.5, 0.6) is 34.5 Å². The van der Waals surface area contributed by atoms with E-state index in [4.69, 9.17) is 18.9 Å². The summed E-state index contributed by atoms with van der Waals surface area (Å²) in [4.78, 5) is 12.7. The molecule has 0 aromatic heterocycles. The molecule has 0 amide bonds. The van der Waals surface area contributed by atoms with Gasteiger partial charge in [-0.05, 0) is 17.7 Å². The number of phenols is 2. The lowest BCUT2D eigenvalue weighted by atomic mass is 9.92.